The van der Waals surface area contributed by atoms with Crippen LogP contribution in [0.4, 0.5) is 11.4 Å². The van der Waals surface area contributed by atoms with Gasteiger partial charge in [0.1, 0.15) is 5.69 Å². The zero-order valence-corrected chi connectivity index (χ0v) is 16.0. The number of fused-ring (bicyclic) bond motifs is 1. The van der Waals surface area contributed by atoms with Crippen LogP contribution in [0.1, 0.15) is 5.56 Å². The average molecular weight is 412 g/mol. The molecule has 3 aromatic rings. The lowest BCUT2D eigenvalue weighted by Crippen LogP contribution is -2.33. The molecule has 3 aromatic carbocycles. The van der Waals surface area contributed by atoms with E-state index in [1.54, 1.807) is 6.08 Å². The fourth-order valence-corrected chi connectivity index (χ4v) is 3.01. The highest BCUT2D eigenvalue weighted by atomic mass is 35.5. The highest BCUT2D eigenvalue weighted by Crippen LogP contribution is 2.27. The summed E-state index contributed by atoms with van der Waals surface area (Å²) >= 11 is 10.8. The first-order valence-electron chi connectivity index (χ1n) is 8.16. The molecule has 6 nitrogen and oxygen atoms in total. The number of carbonyl (C=O) groups is 1. The largest absolute Gasteiger partial charge is 0.327 e. The van der Waals surface area contributed by atoms with Crippen LogP contribution in [-0.4, -0.2) is 15.9 Å². The van der Waals surface area contributed by atoms with Gasteiger partial charge in [-0.15, -0.1) is 0 Å². The molecule has 0 spiro atoms. The minimum absolute atomic E-state index is 0.0574. The van der Waals surface area contributed by atoms with Crippen molar-refractivity contribution >= 4 is 63.1 Å². The van der Waals surface area contributed by atoms with Crippen molar-refractivity contribution < 1.29 is 9.72 Å². The van der Waals surface area contributed by atoms with Crippen LogP contribution in [0.15, 0.2) is 66.7 Å². The number of hydrogen-bond donors (Lipinski definition) is 2. The van der Waals surface area contributed by atoms with Crippen LogP contribution in [0, 0.1) is 10.1 Å². The van der Waals surface area contributed by atoms with Gasteiger partial charge in [-0.25, -0.2) is 0 Å². The van der Waals surface area contributed by atoms with Gasteiger partial charge in [-0.05, 0) is 46.8 Å². The summed E-state index contributed by atoms with van der Waals surface area (Å²) in [5, 5.41) is 18.5. The van der Waals surface area contributed by atoms with Crippen LogP contribution in [0.25, 0.3) is 16.8 Å². The summed E-state index contributed by atoms with van der Waals surface area (Å²) in [6.07, 6.45) is 3.04. The lowest BCUT2D eigenvalue weighted by Gasteiger charge is -2.09. The zero-order chi connectivity index (χ0) is 20.1. The van der Waals surface area contributed by atoms with E-state index in [-0.39, 0.29) is 21.5 Å². The normalized spacial score (nSPS) is 10.8. The van der Waals surface area contributed by atoms with Gasteiger partial charge in [-0.1, -0.05) is 54.1 Å². The summed E-state index contributed by atoms with van der Waals surface area (Å²) in [4.78, 5) is 22.7. The van der Waals surface area contributed by atoms with E-state index in [0.717, 1.165) is 16.3 Å². The number of rotatable bonds is 4. The fraction of sp³-hybridized carbons (Fsp3) is 0. The van der Waals surface area contributed by atoms with E-state index < -0.39 is 10.8 Å². The van der Waals surface area contributed by atoms with Crippen LogP contribution < -0.4 is 10.6 Å². The molecule has 0 fully saturated rings. The van der Waals surface area contributed by atoms with Crippen LogP contribution in [-0.2, 0) is 4.79 Å². The van der Waals surface area contributed by atoms with Gasteiger partial charge in [-0.2, -0.15) is 0 Å². The van der Waals surface area contributed by atoms with Gasteiger partial charge in [0.15, 0.2) is 5.11 Å². The molecule has 0 saturated heterocycles. The van der Waals surface area contributed by atoms with Crippen LogP contribution in [0.5, 0.6) is 0 Å². The van der Waals surface area contributed by atoms with Gasteiger partial charge in [-0.3, -0.25) is 20.2 Å². The molecule has 0 aliphatic carbocycles. The zero-order valence-electron chi connectivity index (χ0n) is 14.4. The number of nitro benzene ring substituents is 1. The molecule has 3 rings (SSSR count). The second kappa shape index (κ2) is 8.60. The maximum Gasteiger partial charge on any atom is 0.294 e. The van der Waals surface area contributed by atoms with Gasteiger partial charge >= 0.3 is 0 Å². The van der Waals surface area contributed by atoms with Crippen molar-refractivity contribution in [2.24, 2.45) is 0 Å². The van der Waals surface area contributed by atoms with Crippen LogP contribution in [0.3, 0.4) is 0 Å². The summed E-state index contributed by atoms with van der Waals surface area (Å²) in [6, 6.07) is 17.8. The van der Waals surface area contributed by atoms with Crippen molar-refractivity contribution in [1.82, 2.24) is 5.32 Å². The maximum absolute atomic E-state index is 12.1. The number of anilines is 1. The molecule has 0 unspecified atom stereocenters. The van der Waals surface area contributed by atoms with Gasteiger partial charge in [0.2, 0.25) is 5.91 Å². The first-order chi connectivity index (χ1) is 13.4. The number of halogens is 1. The van der Waals surface area contributed by atoms with E-state index in [1.165, 1.54) is 24.3 Å². The Kier molecular flexibility index (Phi) is 5.98. The maximum atomic E-state index is 12.1. The lowest BCUT2D eigenvalue weighted by atomic mass is 10.0. The smallest absolute Gasteiger partial charge is 0.294 e. The number of benzene rings is 3. The molecule has 0 radical (unpaired) electrons. The highest BCUT2D eigenvalue weighted by Gasteiger charge is 2.15. The van der Waals surface area contributed by atoms with E-state index in [2.05, 4.69) is 10.6 Å². The number of thiocarbonyl (C=S) groups is 1. The van der Waals surface area contributed by atoms with Crippen LogP contribution >= 0.6 is 23.8 Å². The molecule has 140 valence electrons. The number of carbonyl (C=O) groups excluding carboxylic acids is 1. The summed E-state index contributed by atoms with van der Waals surface area (Å²) in [7, 11) is 0. The molecule has 0 saturated carbocycles. The Morgan fingerprint density at radius 2 is 1.86 bits per heavy atom. The SMILES string of the molecule is O=C(/C=C/c1cccc2ccccc12)NC(=S)Nc1ccc(Cl)cc1[N+](=O)[O-]. The number of hydrogen-bond acceptors (Lipinski definition) is 4. The predicted molar refractivity (Wildman–Crippen MR) is 115 cm³/mol. The van der Waals surface area contributed by atoms with E-state index in [1.807, 2.05) is 42.5 Å². The second-order valence-corrected chi connectivity index (χ2v) is 6.61. The summed E-state index contributed by atoms with van der Waals surface area (Å²) in [5.74, 6) is -0.456. The third-order valence-corrected chi connectivity index (χ3v) is 4.32. The number of nitrogens with one attached hydrogen (secondary N) is 2. The number of nitro groups is 1. The third-order valence-electron chi connectivity index (χ3n) is 3.88. The number of amides is 1. The molecule has 0 aromatic heterocycles. The van der Waals surface area contributed by atoms with Gasteiger partial charge in [0.25, 0.3) is 5.69 Å². The Hall–Kier alpha value is -3.29. The summed E-state index contributed by atoms with van der Waals surface area (Å²) in [6.45, 7) is 0. The molecule has 0 bridgehead atoms. The Bertz CT molecular complexity index is 1110. The van der Waals surface area contributed by atoms with E-state index in [9.17, 15) is 14.9 Å². The molecule has 0 aliphatic heterocycles. The topological polar surface area (TPSA) is 84.3 Å². The van der Waals surface area contributed by atoms with Gasteiger partial charge in [0, 0.05) is 17.2 Å². The Balaban J connectivity index is 1.69. The van der Waals surface area contributed by atoms with Crippen molar-refractivity contribution in [1.29, 1.82) is 0 Å². The monoisotopic (exact) mass is 411 g/mol. The fourth-order valence-electron chi connectivity index (χ4n) is 2.63. The van der Waals surface area contributed by atoms with E-state index in [4.69, 9.17) is 23.8 Å². The highest BCUT2D eigenvalue weighted by molar-refractivity contribution is 7.80. The molecule has 0 heterocycles. The van der Waals surface area contributed by atoms with Crippen molar-refractivity contribution in [3.8, 4) is 0 Å². The summed E-state index contributed by atoms with van der Waals surface area (Å²) < 4.78 is 0. The van der Waals surface area contributed by atoms with Gasteiger partial charge < -0.3 is 5.32 Å². The molecule has 0 aliphatic rings. The Morgan fingerprint density at radius 3 is 2.64 bits per heavy atom. The van der Waals surface area contributed by atoms with E-state index in [0.29, 0.717) is 0 Å². The standard InChI is InChI=1S/C20H14ClN3O3S/c21-15-9-10-17(18(12-15)24(26)27)22-20(28)23-19(25)11-8-14-6-3-5-13-4-1-2-7-16(13)14/h1-12H,(H2,22,23,25,28)/b11-8+. The minimum atomic E-state index is -0.584. The average Bonchev–Trinajstić information content (AvgIpc) is 2.67. The Morgan fingerprint density at radius 1 is 1.11 bits per heavy atom. The minimum Gasteiger partial charge on any atom is -0.327 e. The van der Waals surface area contributed by atoms with Gasteiger partial charge in [0.05, 0.1) is 4.92 Å². The Labute approximate surface area is 171 Å². The van der Waals surface area contributed by atoms with Crippen molar-refractivity contribution in [3.63, 3.8) is 0 Å². The third kappa shape index (κ3) is 4.70. The summed E-state index contributed by atoms with van der Waals surface area (Å²) in [5.41, 5.74) is 0.786. The molecule has 8 heteroatoms. The molecular weight excluding hydrogens is 398 g/mol. The molecule has 2 N–H and O–H groups in total. The molecule has 28 heavy (non-hydrogen) atoms. The molecular formula is C20H14ClN3O3S. The molecule has 0 atom stereocenters. The first kappa shape index (κ1) is 19.5. The predicted octanol–water partition coefficient (Wildman–Crippen LogP) is 4.93. The molecule has 1 amide bonds. The van der Waals surface area contributed by atoms with Crippen molar-refractivity contribution in [2.45, 2.75) is 0 Å². The van der Waals surface area contributed by atoms with Crippen molar-refractivity contribution in [3.05, 3.63) is 87.4 Å². The van der Waals surface area contributed by atoms with Crippen molar-refractivity contribution in [2.75, 3.05) is 5.32 Å². The van der Waals surface area contributed by atoms with Crippen LogP contribution in [0.2, 0.25) is 5.02 Å². The first-order valence-corrected chi connectivity index (χ1v) is 8.94. The number of nitrogens with zero attached hydrogens (tertiary/aromatic N) is 1. The lowest BCUT2D eigenvalue weighted by molar-refractivity contribution is -0.383. The second-order valence-electron chi connectivity index (χ2n) is 5.76. The quantitative estimate of drug-likeness (QED) is 0.275. The van der Waals surface area contributed by atoms with E-state index >= 15 is 0 Å².